The molecule has 7 heteroatoms. The van der Waals surface area contributed by atoms with Crippen LogP contribution in [0.1, 0.15) is 18.2 Å². The third-order valence-corrected chi connectivity index (χ3v) is 4.31. The summed E-state index contributed by atoms with van der Waals surface area (Å²) in [5, 5.41) is 7.25. The highest BCUT2D eigenvalue weighted by Gasteiger charge is 2.31. The molecular formula is C14H15BrFN3O2. The number of nitrogens with zero attached hydrogens (tertiary/aromatic N) is 2. The SMILES string of the molecule is CNC1CCOCC1c1nc(-c2ccc(F)cc2Br)no1. The Kier molecular flexibility index (Phi) is 4.32. The van der Waals surface area contributed by atoms with E-state index in [-0.39, 0.29) is 17.8 Å². The standard InChI is InChI=1S/C14H15BrFN3O2/c1-17-12-4-5-20-7-10(12)14-18-13(19-21-14)9-3-2-8(16)6-11(9)15/h2-3,6,10,12,17H,4-5,7H2,1H3. The minimum atomic E-state index is -0.315. The lowest BCUT2D eigenvalue weighted by Crippen LogP contribution is -2.39. The van der Waals surface area contributed by atoms with Crippen molar-refractivity contribution in [2.45, 2.75) is 18.4 Å². The predicted octanol–water partition coefficient (Wildman–Crippen LogP) is 2.73. The van der Waals surface area contributed by atoms with Crippen LogP contribution in [-0.4, -0.2) is 36.4 Å². The number of aromatic nitrogens is 2. The Hall–Kier alpha value is -1.31. The predicted molar refractivity (Wildman–Crippen MR) is 78.4 cm³/mol. The lowest BCUT2D eigenvalue weighted by molar-refractivity contribution is 0.0516. The van der Waals surface area contributed by atoms with Crippen LogP contribution in [-0.2, 0) is 4.74 Å². The van der Waals surface area contributed by atoms with Crippen molar-refractivity contribution in [3.63, 3.8) is 0 Å². The maximum Gasteiger partial charge on any atom is 0.233 e. The Morgan fingerprint density at radius 3 is 3.05 bits per heavy atom. The summed E-state index contributed by atoms with van der Waals surface area (Å²) < 4.78 is 24.6. The van der Waals surface area contributed by atoms with Gasteiger partial charge in [-0.15, -0.1) is 0 Å². The summed E-state index contributed by atoms with van der Waals surface area (Å²) in [4.78, 5) is 4.44. The Morgan fingerprint density at radius 1 is 1.43 bits per heavy atom. The molecule has 1 aliphatic heterocycles. The van der Waals surface area contributed by atoms with Gasteiger partial charge in [0.1, 0.15) is 5.82 Å². The van der Waals surface area contributed by atoms with Gasteiger partial charge in [0.05, 0.1) is 12.5 Å². The number of nitrogens with one attached hydrogen (secondary N) is 1. The summed E-state index contributed by atoms with van der Waals surface area (Å²) in [5.41, 5.74) is 0.698. The minimum absolute atomic E-state index is 0.0317. The Balaban J connectivity index is 1.89. The highest BCUT2D eigenvalue weighted by molar-refractivity contribution is 9.10. The second kappa shape index (κ2) is 6.21. The quantitative estimate of drug-likeness (QED) is 0.917. The van der Waals surface area contributed by atoms with Gasteiger partial charge in [0.15, 0.2) is 0 Å². The van der Waals surface area contributed by atoms with Gasteiger partial charge in [-0.3, -0.25) is 0 Å². The number of halogens is 2. The molecule has 1 aromatic carbocycles. The van der Waals surface area contributed by atoms with E-state index in [9.17, 15) is 4.39 Å². The van der Waals surface area contributed by atoms with E-state index < -0.39 is 0 Å². The van der Waals surface area contributed by atoms with Crippen LogP contribution in [0.4, 0.5) is 4.39 Å². The number of rotatable bonds is 3. The van der Waals surface area contributed by atoms with Gasteiger partial charge in [-0.05, 0) is 47.6 Å². The van der Waals surface area contributed by atoms with Crippen LogP contribution in [0.2, 0.25) is 0 Å². The lowest BCUT2D eigenvalue weighted by Gasteiger charge is -2.28. The zero-order valence-corrected chi connectivity index (χ0v) is 13.1. The van der Waals surface area contributed by atoms with Crippen molar-refractivity contribution < 1.29 is 13.7 Å². The minimum Gasteiger partial charge on any atom is -0.381 e. The van der Waals surface area contributed by atoms with Crippen molar-refractivity contribution in [3.05, 3.63) is 34.4 Å². The van der Waals surface area contributed by atoms with Crippen molar-refractivity contribution >= 4 is 15.9 Å². The smallest absolute Gasteiger partial charge is 0.233 e. The first kappa shape index (κ1) is 14.6. The third-order valence-electron chi connectivity index (χ3n) is 3.66. The van der Waals surface area contributed by atoms with Crippen LogP contribution in [0.3, 0.4) is 0 Å². The summed E-state index contributed by atoms with van der Waals surface area (Å²) in [6, 6.07) is 4.63. The molecule has 5 nitrogen and oxygen atoms in total. The van der Waals surface area contributed by atoms with Gasteiger partial charge in [0.2, 0.25) is 11.7 Å². The molecule has 1 aromatic heterocycles. The number of hydrogen-bond acceptors (Lipinski definition) is 5. The van der Waals surface area contributed by atoms with Crippen LogP contribution in [0.25, 0.3) is 11.4 Å². The van der Waals surface area contributed by atoms with Gasteiger partial charge in [-0.25, -0.2) is 4.39 Å². The molecule has 2 atom stereocenters. The van der Waals surface area contributed by atoms with Crippen LogP contribution >= 0.6 is 15.9 Å². The number of hydrogen-bond donors (Lipinski definition) is 1. The van der Waals surface area contributed by atoms with Gasteiger partial charge < -0.3 is 14.6 Å². The molecule has 3 rings (SSSR count). The summed E-state index contributed by atoms with van der Waals surface area (Å²) in [5.74, 6) is 0.701. The molecule has 2 heterocycles. The molecule has 2 unspecified atom stereocenters. The summed E-state index contributed by atoms with van der Waals surface area (Å²) in [6.07, 6.45) is 0.902. The molecule has 21 heavy (non-hydrogen) atoms. The van der Waals surface area contributed by atoms with Crippen LogP contribution < -0.4 is 5.32 Å². The monoisotopic (exact) mass is 355 g/mol. The average Bonchev–Trinajstić information content (AvgIpc) is 2.96. The normalized spacial score (nSPS) is 22.4. The fourth-order valence-corrected chi connectivity index (χ4v) is 3.02. The van der Waals surface area contributed by atoms with Crippen molar-refractivity contribution in [2.24, 2.45) is 0 Å². The second-order valence-electron chi connectivity index (χ2n) is 4.95. The molecule has 112 valence electrons. The summed E-state index contributed by atoms with van der Waals surface area (Å²) in [6.45, 7) is 1.28. The van der Waals surface area contributed by atoms with Gasteiger partial charge in [-0.1, -0.05) is 5.16 Å². The number of ether oxygens (including phenoxy) is 1. The molecule has 2 aromatic rings. The zero-order valence-electron chi connectivity index (χ0n) is 11.5. The van der Waals surface area contributed by atoms with E-state index >= 15 is 0 Å². The van der Waals surface area contributed by atoms with Crippen LogP contribution in [0.15, 0.2) is 27.2 Å². The van der Waals surface area contributed by atoms with Crippen molar-refractivity contribution in [1.82, 2.24) is 15.5 Å². The first-order chi connectivity index (χ1) is 10.2. The van der Waals surface area contributed by atoms with Gasteiger partial charge in [0.25, 0.3) is 0 Å². The topological polar surface area (TPSA) is 60.2 Å². The summed E-state index contributed by atoms with van der Waals surface area (Å²) >= 11 is 3.32. The highest BCUT2D eigenvalue weighted by Crippen LogP contribution is 2.30. The van der Waals surface area contributed by atoms with E-state index in [2.05, 4.69) is 31.4 Å². The van der Waals surface area contributed by atoms with Crippen molar-refractivity contribution in [2.75, 3.05) is 20.3 Å². The maximum atomic E-state index is 13.1. The Labute approximate surface area is 130 Å². The second-order valence-corrected chi connectivity index (χ2v) is 5.80. The summed E-state index contributed by atoms with van der Waals surface area (Å²) in [7, 11) is 1.91. The molecule has 0 amide bonds. The van der Waals surface area contributed by atoms with Gasteiger partial charge in [0, 0.05) is 22.7 Å². The van der Waals surface area contributed by atoms with E-state index in [1.165, 1.54) is 12.1 Å². The molecule has 0 spiro atoms. The van der Waals surface area contributed by atoms with Crippen molar-refractivity contribution in [3.8, 4) is 11.4 Å². The molecule has 1 N–H and O–H groups in total. The number of likely N-dealkylation sites (N-methyl/N-ethyl adjacent to an activating group) is 1. The lowest BCUT2D eigenvalue weighted by atomic mass is 9.96. The molecule has 0 aliphatic carbocycles. The molecule has 0 saturated carbocycles. The number of benzene rings is 1. The fourth-order valence-electron chi connectivity index (χ4n) is 2.49. The largest absolute Gasteiger partial charge is 0.381 e. The van der Waals surface area contributed by atoms with E-state index in [1.807, 2.05) is 7.05 Å². The molecule has 0 radical (unpaired) electrons. The first-order valence-corrected chi connectivity index (χ1v) is 7.52. The molecule has 0 bridgehead atoms. The third kappa shape index (κ3) is 3.00. The van der Waals surface area contributed by atoms with Crippen LogP contribution in [0, 0.1) is 5.82 Å². The molecule has 1 aliphatic rings. The Morgan fingerprint density at radius 2 is 2.29 bits per heavy atom. The fraction of sp³-hybridized carbons (Fsp3) is 0.429. The van der Waals surface area contributed by atoms with E-state index in [1.54, 1.807) is 6.07 Å². The zero-order chi connectivity index (χ0) is 14.8. The van der Waals surface area contributed by atoms with E-state index in [4.69, 9.17) is 9.26 Å². The maximum absolute atomic E-state index is 13.1. The average molecular weight is 356 g/mol. The molecule has 1 saturated heterocycles. The van der Waals surface area contributed by atoms with Gasteiger partial charge in [-0.2, -0.15) is 4.98 Å². The molecule has 1 fully saturated rings. The van der Waals surface area contributed by atoms with Gasteiger partial charge >= 0.3 is 0 Å². The van der Waals surface area contributed by atoms with E-state index in [0.717, 1.165) is 13.0 Å². The van der Waals surface area contributed by atoms with Crippen LogP contribution in [0.5, 0.6) is 0 Å². The molecular weight excluding hydrogens is 341 g/mol. The first-order valence-electron chi connectivity index (χ1n) is 6.73. The Bertz CT molecular complexity index is 634. The van der Waals surface area contributed by atoms with E-state index in [0.29, 0.717) is 28.4 Å². The highest BCUT2D eigenvalue weighted by atomic mass is 79.9. The van der Waals surface area contributed by atoms with Crippen molar-refractivity contribution in [1.29, 1.82) is 0 Å².